The SMILES string of the molecule is CSSC1=NCC(C)(C)CN1. The monoisotopic (exact) mass is 190 g/mol. The highest BCUT2D eigenvalue weighted by Gasteiger charge is 2.21. The van der Waals surface area contributed by atoms with Crippen molar-refractivity contribution in [1.82, 2.24) is 5.32 Å². The van der Waals surface area contributed by atoms with Crippen molar-refractivity contribution in [2.24, 2.45) is 10.4 Å². The third-order valence-electron chi connectivity index (χ3n) is 1.53. The zero-order valence-corrected chi connectivity index (χ0v) is 8.81. The van der Waals surface area contributed by atoms with Crippen molar-refractivity contribution in [3.63, 3.8) is 0 Å². The molecule has 0 aromatic carbocycles. The fourth-order valence-electron chi connectivity index (χ4n) is 0.847. The lowest BCUT2D eigenvalue weighted by molar-refractivity contribution is 0.364. The van der Waals surface area contributed by atoms with E-state index in [-0.39, 0.29) is 0 Å². The van der Waals surface area contributed by atoms with Crippen LogP contribution in [-0.2, 0) is 0 Å². The first kappa shape index (κ1) is 9.26. The number of amidine groups is 1. The van der Waals surface area contributed by atoms with Gasteiger partial charge in [-0.05, 0) is 17.0 Å². The minimum atomic E-state index is 0.336. The molecule has 1 aliphatic rings. The number of rotatable bonds is 1. The van der Waals surface area contributed by atoms with Crippen molar-refractivity contribution in [1.29, 1.82) is 0 Å². The molecule has 0 unspecified atom stereocenters. The van der Waals surface area contributed by atoms with Gasteiger partial charge in [0.15, 0.2) is 5.17 Å². The second-order valence-corrected chi connectivity index (χ2v) is 5.78. The van der Waals surface area contributed by atoms with E-state index in [1.165, 1.54) is 0 Å². The molecule has 0 atom stereocenters. The Morgan fingerprint density at radius 3 is 2.73 bits per heavy atom. The van der Waals surface area contributed by atoms with Crippen LogP contribution in [0.5, 0.6) is 0 Å². The molecule has 0 saturated heterocycles. The van der Waals surface area contributed by atoms with Gasteiger partial charge in [-0.2, -0.15) is 0 Å². The summed E-state index contributed by atoms with van der Waals surface area (Å²) in [7, 11) is 3.44. The van der Waals surface area contributed by atoms with Crippen molar-refractivity contribution in [2.75, 3.05) is 19.3 Å². The average molecular weight is 190 g/mol. The molecule has 4 heteroatoms. The molecule has 1 N–H and O–H groups in total. The van der Waals surface area contributed by atoms with Crippen LogP contribution in [0.2, 0.25) is 0 Å². The summed E-state index contributed by atoms with van der Waals surface area (Å²) < 4.78 is 0. The van der Waals surface area contributed by atoms with Gasteiger partial charge in [-0.1, -0.05) is 24.6 Å². The van der Waals surface area contributed by atoms with Gasteiger partial charge in [0.1, 0.15) is 0 Å². The van der Waals surface area contributed by atoms with Gasteiger partial charge in [0.05, 0.1) is 0 Å². The van der Waals surface area contributed by atoms with Crippen molar-refractivity contribution >= 4 is 26.8 Å². The second-order valence-electron chi connectivity index (χ2n) is 3.39. The summed E-state index contributed by atoms with van der Waals surface area (Å²) in [5.41, 5.74) is 0.336. The predicted molar refractivity (Wildman–Crippen MR) is 55.2 cm³/mol. The van der Waals surface area contributed by atoms with Crippen LogP contribution in [0.4, 0.5) is 0 Å². The Bertz CT molecular complexity index is 166. The van der Waals surface area contributed by atoms with E-state index in [9.17, 15) is 0 Å². The third kappa shape index (κ3) is 2.95. The molecule has 0 radical (unpaired) electrons. The first-order valence-electron chi connectivity index (χ1n) is 3.63. The summed E-state index contributed by atoms with van der Waals surface area (Å²) in [5.74, 6) is 0. The van der Waals surface area contributed by atoms with Crippen LogP contribution >= 0.6 is 21.6 Å². The third-order valence-corrected chi connectivity index (χ3v) is 3.10. The van der Waals surface area contributed by atoms with E-state index in [0.29, 0.717) is 5.41 Å². The summed E-state index contributed by atoms with van der Waals surface area (Å²) in [4.78, 5) is 4.42. The molecule has 0 aromatic rings. The van der Waals surface area contributed by atoms with Crippen LogP contribution < -0.4 is 5.32 Å². The van der Waals surface area contributed by atoms with E-state index >= 15 is 0 Å². The van der Waals surface area contributed by atoms with E-state index in [0.717, 1.165) is 18.3 Å². The zero-order valence-electron chi connectivity index (χ0n) is 7.18. The standard InChI is InChI=1S/C7H14N2S2/c1-7(2)4-8-6(9-5-7)11-10-3/h4-5H2,1-3H3,(H,8,9). The average Bonchev–Trinajstić information content (AvgIpc) is 1.94. The van der Waals surface area contributed by atoms with Crippen molar-refractivity contribution < 1.29 is 0 Å². The molecule has 0 amide bonds. The Morgan fingerprint density at radius 2 is 2.27 bits per heavy atom. The number of nitrogens with zero attached hydrogens (tertiary/aromatic N) is 1. The Kier molecular flexibility index (Phi) is 3.13. The van der Waals surface area contributed by atoms with Gasteiger partial charge < -0.3 is 5.32 Å². The lowest BCUT2D eigenvalue weighted by Gasteiger charge is -2.28. The van der Waals surface area contributed by atoms with E-state index in [1.807, 2.05) is 0 Å². The minimum absolute atomic E-state index is 0.336. The smallest absolute Gasteiger partial charge is 0.167 e. The summed E-state index contributed by atoms with van der Waals surface area (Å²) in [6.07, 6.45) is 2.06. The maximum Gasteiger partial charge on any atom is 0.167 e. The Hall–Kier alpha value is 0.170. The molecular weight excluding hydrogens is 176 g/mol. The van der Waals surface area contributed by atoms with Crippen LogP contribution in [0.1, 0.15) is 13.8 Å². The normalized spacial score (nSPS) is 22.3. The summed E-state index contributed by atoms with van der Waals surface area (Å²) in [6, 6.07) is 0. The Balaban J connectivity index is 2.44. The summed E-state index contributed by atoms with van der Waals surface area (Å²) >= 11 is 0. The molecule has 64 valence electrons. The molecule has 0 fully saturated rings. The van der Waals surface area contributed by atoms with Crippen LogP contribution in [0.25, 0.3) is 0 Å². The van der Waals surface area contributed by atoms with Gasteiger partial charge >= 0.3 is 0 Å². The Labute approximate surface area is 76.0 Å². The van der Waals surface area contributed by atoms with Gasteiger partial charge in [0.2, 0.25) is 0 Å². The van der Waals surface area contributed by atoms with Crippen LogP contribution in [0.15, 0.2) is 4.99 Å². The fourth-order valence-corrected chi connectivity index (χ4v) is 2.06. The topological polar surface area (TPSA) is 24.4 Å². The molecule has 0 aliphatic carbocycles. The van der Waals surface area contributed by atoms with E-state index in [1.54, 1.807) is 21.6 Å². The molecular formula is C7H14N2S2. The highest BCUT2D eigenvalue weighted by molar-refractivity contribution is 8.82. The van der Waals surface area contributed by atoms with E-state index < -0.39 is 0 Å². The number of aliphatic imine (C=N–C) groups is 1. The first-order valence-corrected chi connectivity index (χ1v) is 6.19. The molecule has 0 spiro atoms. The van der Waals surface area contributed by atoms with E-state index in [4.69, 9.17) is 0 Å². The van der Waals surface area contributed by atoms with Gasteiger partial charge in [-0.3, -0.25) is 4.99 Å². The highest BCUT2D eigenvalue weighted by atomic mass is 33.1. The molecule has 1 rings (SSSR count). The number of hydrogen-bond acceptors (Lipinski definition) is 4. The highest BCUT2D eigenvalue weighted by Crippen LogP contribution is 2.23. The summed E-state index contributed by atoms with van der Waals surface area (Å²) in [5, 5.41) is 4.38. The fraction of sp³-hybridized carbons (Fsp3) is 0.857. The number of nitrogens with one attached hydrogen (secondary N) is 1. The first-order chi connectivity index (χ1) is 5.14. The molecule has 0 bridgehead atoms. The van der Waals surface area contributed by atoms with Crippen LogP contribution in [-0.4, -0.2) is 24.5 Å². The van der Waals surface area contributed by atoms with Crippen LogP contribution in [0.3, 0.4) is 0 Å². The van der Waals surface area contributed by atoms with Crippen molar-refractivity contribution in [3.05, 3.63) is 0 Å². The quantitative estimate of drug-likeness (QED) is 0.640. The van der Waals surface area contributed by atoms with Gasteiger partial charge in [0.25, 0.3) is 0 Å². The largest absolute Gasteiger partial charge is 0.364 e. The molecule has 0 aromatic heterocycles. The minimum Gasteiger partial charge on any atom is -0.364 e. The molecule has 2 nitrogen and oxygen atoms in total. The van der Waals surface area contributed by atoms with Crippen LogP contribution in [0, 0.1) is 5.41 Å². The van der Waals surface area contributed by atoms with Crippen molar-refractivity contribution in [2.45, 2.75) is 13.8 Å². The van der Waals surface area contributed by atoms with Gasteiger partial charge in [0, 0.05) is 18.5 Å². The second kappa shape index (κ2) is 3.72. The summed E-state index contributed by atoms with van der Waals surface area (Å²) in [6.45, 7) is 6.44. The van der Waals surface area contributed by atoms with Gasteiger partial charge in [-0.15, -0.1) is 0 Å². The number of hydrogen-bond donors (Lipinski definition) is 1. The Morgan fingerprint density at radius 1 is 1.55 bits per heavy atom. The predicted octanol–water partition coefficient (Wildman–Crippen LogP) is 1.98. The molecule has 11 heavy (non-hydrogen) atoms. The maximum atomic E-state index is 4.42. The zero-order chi connectivity index (χ0) is 8.32. The van der Waals surface area contributed by atoms with Gasteiger partial charge in [-0.25, -0.2) is 0 Å². The lowest BCUT2D eigenvalue weighted by Crippen LogP contribution is -2.39. The van der Waals surface area contributed by atoms with Crippen molar-refractivity contribution in [3.8, 4) is 0 Å². The van der Waals surface area contributed by atoms with E-state index in [2.05, 4.69) is 30.4 Å². The lowest BCUT2D eigenvalue weighted by atomic mass is 9.93. The maximum absolute atomic E-state index is 4.42. The molecule has 1 aliphatic heterocycles. The molecule has 1 heterocycles. The molecule has 0 saturated carbocycles.